The number of anilines is 1. The molecule has 7 nitrogen and oxygen atoms in total. The van der Waals surface area contributed by atoms with Crippen molar-refractivity contribution in [3.63, 3.8) is 0 Å². The van der Waals surface area contributed by atoms with E-state index in [1.54, 1.807) is 30.4 Å². The molecule has 42 heavy (non-hydrogen) atoms. The third-order valence-electron chi connectivity index (χ3n) is 9.06. The van der Waals surface area contributed by atoms with Crippen LogP contribution in [0, 0.1) is 17.8 Å². The van der Waals surface area contributed by atoms with Crippen LogP contribution < -0.4 is 14.4 Å². The van der Waals surface area contributed by atoms with Crippen LogP contribution >= 0.6 is 11.6 Å². The van der Waals surface area contributed by atoms with Gasteiger partial charge in [-0.05, 0) is 104 Å². The lowest BCUT2D eigenvalue weighted by Gasteiger charge is -2.42. The highest BCUT2D eigenvalue weighted by molar-refractivity contribution is 7.91. The van der Waals surface area contributed by atoms with Crippen LogP contribution in [0.2, 0.25) is 5.02 Å². The quantitative estimate of drug-likeness (QED) is 0.353. The molecular formula is C33H41ClN2O5S. The lowest BCUT2D eigenvalue weighted by molar-refractivity contribution is 0.0465. The molecule has 2 aromatic carbocycles. The predicted octanol–water partition coefficient (Wildman–Crippen LogP) is 5.70. The predicted molar refractivity (Wildman–Crippen MR) is 168 cm³/mol. The number of allylic oxidation sites excluding steroid dienone is 1. The molecule has 0 bridgehead atoms. The van der Waals surface area contributed by atoms with E-state index in [1.165, 1.54) is 11.1 Å². The van der Waals surface area contributed by atoms with Gasteiger partial charge in [0.1, 0.15) is 5.75 Å². The van der Waals surface area contributed by atoms with Crippen LogP contribution in [0.15, 0.2) is 61.7 Å². The number of aryl methyl sites for hydroxylation is 1. The van der Waals surface area contributed by atoms with E-state index in [2.05, 4.69) is 28.8 Å². The van der Waals surface area contributed by atoms with Gasteiger partial charge in [-0.3, -0.25) is 4.79 Å². The Balaban J connectivity index is 1.41. The molecule has 0 unspecified atom stereocenters. The molecule has 0 radical (unpaired) electrons. The van der Waals surface area contributed by atoms with Gasteiger partial charge in [0, 0.05) is 30.1 Å². The number of nitrogens with zero attached hydrogens (tertiary/aromatic N) is 1. The van der Waals surface area contributed by atoms with Gasteiger partial charge in [0.2, 0.25) is 10.0 Å². The monoisotopic (exact) mass is 612 g/mol. The van der Waals surface area contributed by atoms with Gasteiger partial charge in [-0.1, -0.05) is 29.8 Å². The Bertz CT molecular complexity index is 1430. The van der Waals surface area contributed by atoms with Crippen LogP contribution in [0.3, 0.4) is 0 Å². The van der Waals surface area contributed by atoms with Gasteiger partial charge < -0.3 is 14.7 Å². The number of halogens is 1. The number of benzene rings is 2. The van der Waals surface area contributed by atoms with Gasteiger partial charge in [0.25, 0.3) is 5.91 Å². The van der Waals surface area contributed by atoms with Gasteiger partial charge >= 0.3 is 0 Å². The van der Waals surface area contributed by atoms with Gasteiger partial charge in [-0.25, -0.2) is 13.1 Å². The summed E-state index contributed by atoms with van der Waals surface area (Å²) in [7, 11) is -3.78. The first-order valence-electron chi connectivity index (χ1n) is 15.0. The summed E-state index contributed by atoms with van der Waals surface area (Å²) in [5.74, 6) is 0.436. The first-order chi connectivity index (χ1) is 20.2. The molecule has 0 spiro atoms. The second-order valence-electron chi connectivity index (χ2n) is 11.9. The summed E-state index contributed by atoms with van der Waals surface area (Å²) in [5.41, 5.74) is 3.50. The second-order valence-corrected chi connectivity index (χ2v) is 14.2. The Morgan fingerprint density at radius 3 is 2.69 bits per heavy atom. The van der Waals surface area contributed by atoms with E-state index >= 15 is 0 Å². The molecule has 2 fully saturated rings. The van der Waals surface area contributed by atoms with Crippen molar-refractivity contribution >= 4 is 33.2 Å². The fourth-order valence-electron chi connectivity index (χ4n) is 6.35. The summed E-state index contributed by atoms with van der Waals surface area (Å²) < 4.78 is 34.4. The summed E-state index contributed by atoms with van der Waals surface area (Å²) in [6.45, 7) is 9.34. The van der Waals surface area contributed by atoms with Gasteiger partial charge in [0.05, 0.1) is 23.6 Å². The Hall–Kier alpha value is -2.81. The SMILES string of the molecule is C=CC[C@H]1C[C@@H]1S(=O)(=O)NC(=O)c1ccc2c(c1)N(C[C@@H]1CC[C@H]1[C@@H](O)C=C)CCCCc1cc(Cl)ccc1CCO2. The van der Waals surface area contributed by atoms with Crippen molar-refractivity contribution in [3.8, 4) is 5.75 Å². The summed E-state index contributed by atoms with van der Waals surface area (Å²) in [5, 5.41) is 10.7. The third kappa shape index (κ3) is 7.04. The van der Waals surface area contributed by atoms with Crippen LogP contribution in [0.5, 0.6) is 5.75 Å². The number of carbonyl (C=O) groups is 1. The number of fused-ring (bicyclic) bond motifs is 2. The zero-order valence-electron chi connectivity index (χ0n) is 24.0. The van der Waals surface area contributed by atoms with E-state index in [4.69, 9.17) is 16.3 Å². The Labute approximate surface area is 254 Å². The zero-order valence-corrected chi connectivity index (χ0v) is 25.6. The van der Waals surface area contributed by atoms with Crippen molar-refractivity contribution in [3.05, 3.63) is 83.4 Å². The Morgan fingerprint density at radius 2 is 1.95 bits per heavy atom. The van der Waals surface area contributed by atoms with E-state index in [0.29, 0.717) is 31.7 Å². The molecule has 1 heterocycles. The van der Waals surface area contributed by atoms with E-state index in [1.807, 2.05) is 12.1 Å². The fraction of sp³-hybridized carbons (Fsp3) is 0.485. The van der Waals surface area contributed by atoms with E-state index in [0.717, 1.165) is 55.8 Å². The highest BCUT2D eigenvalue weighted by Crippen LogP contribution is 2.41. The maximum Gasteiger partial charge on any atom is 0.264 e. The van der Waals surface area contributed by atoms with Crippen LogP contribution in [-0.2, 0) is 22.9 Å². The van der Waals surface area contributed by atoms with Gasteiger partial charge in [-0.2, -0.15) is 0 Å². The van der Waals surface area contributed by atoms with E-state index in [-0.39, 0.29) is 23.3 Å². The average molecular weight is 613 g/mol. The number of amides is 1. The molecular weight excluding hydrogens is 572 g/mol. The van der Waals surface area contributed by atoms with Crippen molar-refractivity contribution in [1.29, 1.82) is 0 Å². The topological polar surface area (TPSA) is 95.9 Å². The van der Waals surface area contributed by atoms with Crippen molar-refractivity contribution in [1.82, 2.24) is 4.72 Å². The first-order valence-corrected chi connectivity index (χ1v) is 16.9. The molecule has 2 aliphatic carbocycles. The average Bonchev–Trinajstić information content (AvgIpc) is 3.73. The first kappa shape index (κ1) is 30.6. The zero-order chi connectivity index (χ0) is 29.9. The number of hydrogen-bond donors (Lipinski definition) is 2. The molecule has 0 saturated heterocycles. The minimum Gasteiger partial charge on any atom is -0.491 e. The number of nitrogens with one attached hydrogen (secondary N) is 1. The Kier molecular flexibility index (Phi) is 9.65. The van der Waals surface area contributed by atoms with Crippen LogP contribution in [0.4, 0.5) is 5.69 Å². The number of aliphatic hydroxyl groups excluding tert-OH is 1. The summed E-state index contributed by atoms with van der Waals surface area (Å²) in [6, 6.07) is 11.2. The van der Waals surface area contributed by atoms with Gasteiger partial charge in [0.15, 0.2) is 0 Å². The molecule has 5 atom stereocenters. The lowest BCUT2D eigenvalue weighted by atomic mass is 9.70. The largest absolute Gasteiger partial charge is 0.491 e. The maximum absolute atomic E-state index is 13.2. The number of rotatable bonds is 9. The number of hydrogen-bond acceptors (Lipinski definition) is 6. The molecule has 2 saturated carbocycles. The standard InChI is InChI=1S/C33H41ClN2O5S/c1-3-7-24-20-32(24)42(39,40)35-33(38)25-11-14-31-29(19-25)36(21-26-10-13-28(26)30(37)4-2)16-6-5-8-23-18-27(34)12-9-22(23)15-17-41-31/h3-4,9,11-12,14,18-19,24,26,28,30,32,37H,1-2,5-8,10,13,15-17,20-21H2,(H,35,38)/t24-,26-,28+,30-,32-/m0/s1. The molecule has 9 heteroatoms. The molecule has 3 aliphatic rings. The van der Waals surface area contributed by atoms with Crippen LogP contribution in [0.1, 0.15) is 60.0 Å². The number of sulfonamides is 1. The van der Waals surface area contributed by atoms with Crippen molar-refractivity contribution in [2.75, 3.05) is 24.6 Å². The molecule has 1 aliphatic heterocycles. The fourth-order valence-corrected chi connectivity index (χ4v) is 8.19. The second kappa shape index (κ2) is 13.2. The molecule has 2 N–H and O–H groups in total. The smallest absolute Gasteiger partial charge is 0.264 e. The Morgan fingerprint density at radius 1 is 1.12 bits per heavy atom. The van der Waals surface area contributed by atoms with Crippen LogP contribution in [0.25, 0.3) is 0 Å². The minimum absolute atomic E-state index is 0.00989. The van der Waals surface area contributed by atoms with Gasteiger partial charge in [-0.15, -0.1) is 13.2 Å². The third-order valence-corrected chi connectivity index (χ3v) is 11.1. The molecule has 2 aromatic rings. The minimum atomic E-state index is -3.78. The summed E-state index contributed by atoms with van der Waals surface area (Å²) in [6.07, 6.45) is 9.37. The normalized spacial score (nSPS) is 24.8. The van der Waals surface area contributed by atoms with E-state index in [9.17, 15) is 18.3 Å². The maximum atomic E-state index is 13.2. The molecule has 0 aromatic heterocycles. The number of carbonyl (C=O) groups excluding carboxylic acids is 1. The molecule has 226 valence electrons. The summed E-state index contributed by atoms with van der Waals surface area (Å²) in [4.78, 5) is 15.5. The molecule has 5 rings (SSSR count). The highest BCUT2D eigenvalue weighted by atomic mass is 35.5. The molecule has 1 amide bonds. The number of ether oxygens (including phenoxy) is 1. The lowest BCUT2D eigenvalue weighted by Crippen LogP contribution is -2.43. The van der Waals surface area contributed by atoms with Crippen LogP contribution in [-0.4, -0.2) is 50.5 Å². The van der Waals surface area contributed by atoms with Crippen molar-refractivity contribution < 1.29 is 23.1 Å². The number of aliphatic hydroxyl groups is 1. The summed E-state index contributed by atoms with van der Waals surface area (Å²) >= 11 is 6.30. The van der Waals surface area contributed by atoms with E-state index < -0.39 is 27.3 Å². The highest BCUT2D eigenvalue weighted by Gasteiger charge is 2.47. The van der Waals surface area contributed by atoms with Crippen molar-refractivity contribution in [2.45, 2.75) is 62.7 Å². The van der Waals surface area contributed by atoms with Crippen molar-refractivity contribution in [2.24, 2.45) is 17.8 Å².